The quantitative estimate of drug-likeness (QED) is 0.689. The molecule has 2 atom stereocenters. The van der Waals surface area contributed by atoms with Crippen molar-refractivity contribution in [3.8, 4) is 0 Å². The van der Waals surface area contributed by atoms with Crippen molar-refractivity contribution in [3.63, 3.8) is 0 Å². The minimum atomic E-state index is -0.797. The molecule has 4 N–H and O–H groups in total. The van der Waals surface area contributed by atoms with Crippen molar-refractivity contribution in [2.45, 2.75) is 58.0 Å². The number of hydrogen-bond donors (Lipinski definition) is 3. The van der Waals surface area contributed by atoms with Crippen LogP contribution in [-0.4, -0.2) is 24.0 Å². The van der Waals surface area contributed by atoms with Crippen molar-refractivity contribution < 1.29 is 9.59 Å². The fraction of sp³-hybridized carbons (Fsp3) is 0.833. The van der Waals surface area contributed by atoms with Gasteiger partial charge in [-0.05, 0) is 32.6 Å². The lowest BCUT2D eigenvalue weighted by Crippen LogP contribution is -2.50. The van der Waals surface area contributed by atoms with E-state index in [2.05, 4.69) is 17.6 Å². The molecule has 17 heavy (non-hydrogen) atoms. The van der Waals surface area contributed by atoms with Crippen LogP contribution in [0.3, 0.4) is 0 Å². The van der Waals surface area contributed by atoms with Crippen molar-refractivity contribution >= 4 is 11.9 Å². The van der Waals surface area contributed by atoms with E-state index in [0.717, 1.165) is 0 Å². The van der Waals surface area contributed by atoms with Crippen molar-refractivity contribution in [3.05, 3.63) is 0 Å². The van der Waals surface area contributed by atoms with Gasteiger partial charge in [-0.2, -0.15) is 0 Å². The number of nitrogens with one attached hydrogen (secondary N) is 2. The maximum atomic E-state index is 11.5. The molecule has 0 aliphatic heterocycles. The second-order valence-electron chi connectivity index (χ2n) is 4.93. The van der Waals surface area contributed by atoms with Gasteiger partial charge in [0.25, 0.3) is 0 Å². The maximum Gasteiger partial charge on any atom is 0.318 e. The summed E-state index contributed by atoms with van der Waals surface area (Å²) in [6.45, 7) is 3.85. The molecule has 0 radical (unpaired) electrons. The number of carbonyl (C=O) groups excluding carboxylic acids is 2. The SMILES string of the molecule is CC(N[C@H](C)C1CCCCC1)C(=O)NC(N)=O. The highest BCUT2D eigenvalue weighted by Crippen LogP contribution is 2.26. The third-order valence-electron chi connectivity index (χ3n) is 3.51. The second kappa shape index (κ2) is 6.59. The van der Waals surface area contributed by atoms with Crippen LogP contribution < -0.4 is 16.4 Å². The third-order valence-corrected chi connectivity index (χ3v) is 3.51. The largest absolute Gasteiger partial charge is 0.351 e. The molecule has 1 unspecified atom stereocenters. The van der Waals surface area contributed by atoms with E-state index in [1.54, 1.807) is 6.92 Å². The molecule has 3 amide bonds. The number of urea groups is 1. The summed E-state index contributed by atoms with van der Waals surface area (Å²) in [5.41, 5.74) is 4.91. The van der Waals surface area contributed by atoms with Gasteiger partial charge >= 0.3 is 6.03 Å². The van der Waals surface area contributed by atoms with Crippen LogP contribution in [-0.2, 0) is 4.79 Å². The second-order valence-corrected chi connectivity index (χ2v) is 4.93. The molecule has 0 spiro atoms. The van der Waals surface area contributed by atoms with E-state index < -0.39 is 6.03 Å². The number of hydrogen-bond acceptors (Lipinski definition) is 3. The Morgan fingerprint density at radius 3 is 2.29 bits per heavy atom. The zero-order chi connectivity index (χ0) is 12.8. The highest BCUT2D eigenvalue weighted by atomic mass is 16.2. The Bertz CT molecular complexity index is 275. The van der Waals surface area contributed by atoms with Gasteiger partial charge in [0.2, 0.25) is 5.91 Å². The Morgan fingerprint density at radius 1 is 1.18 bits per heavy atom. The van der Waals surface area contributed by atoms with E-state index in [-0.39, 0.29) is 11.9 Å². The van der Waals surface area contributed by atoms with Gasteiger partial charge in [0.15, 0.2) is 0 Å². The molecular weight excluding hydrogens is 218 g/mol. The summed E-state index contributed by atoms with van der Waals surface area (Å²) in [6, 6.07) is -0.891. The maximum absolute atomic E-state index is 11.5. The zero-order valence-electron chi connectivity index (χ0n) is 10.7. The van der Waals surface area contributed by atoms with E-state index in [9.17, 15) is 9.59 Å². The molecule has 1 rings (SSSR count). The number of primary amides is 1. The highest BCUT2D eigenvalue weighted by molar-refractivity contribution is 5.96. The molecule has 1 saturated carbocycles. The topological polar surface area (TPSA) is 84.2 Å². The van der Waals surface area contributed by atoms with Crippen molar-refractivity contribution in [1.29, 1.82) is 0 Å². The van der Waals surface area contributed by atoms with Gasteiger partial charge in [-0.15, -0.1) is 0 Å². The molecule has 0 aromatic rings. The van der Waals surface area contributed by atoms with Crippen molar-refractivity contribution in [2.24, 2.45) is 11.7 Å². The molecule has 1 aliphatic carbocycles. The molecule has 0 aromatic heterocycles. The number of carbonyl (C=O) groups is 2. The van der Waals surface area contributed by atoms with Gasteiger partial charge in [0.05, 0.1) is 6.04 Å². The van der Waals surface area contributed by atoms with Gasteiger partial charge in [0, 0.05) is 6.04 Å². The van der Waals surface area contributed by atoms with Crippen LogP contribution in [0.15, 0.2) is 0 Å². The lowest BCUT2D eigenvalue weighted by Gasteiger charge is -2.30. The van der Waals surface area contributed by atoms with Gasteiger partial charge < -0.3 is 11.1 Å². The smallest absolute Gasteiger partial charge is 0.318 e. The van der Waals surface area contributed by atoms with Crippen molar-refractivity contribution in [1.82, 2.24) is 10.6 Å². The van der Waals surface area contributed by atoms with E-state index in [1.807, 2.05) is 0 Å². The Labute approximate surface area is 103 Å². The first-order valence-electron chi connectivity index (χ1n) is 6.37. The Balaban J connectivity index is 2.35. The Kier molecular flexibility index (Phi) is 5.41. The average molecular weight is 241 g/mol. The molecule has 0 aromatic carbocycles. The Morgan fingerprint density at radius 2 is 1.76 bits per heavy atom. The number of rotatable bonds is 4. The fourth-order valence-electron chi connectivity index (χ4n) is 2.47. The summed E-state index contributed by atoms with van der Waals surface area (Å²) >= 11 is 0. The molecule has 5 nitrogen and oxygen atoms in total. The number of imide groups is 1. The number of amides is 3. The molecule has 0 saturated heterocycles. The molecule has 98 valence electrons. The Hall–Kier alpha value is -1.10. The summed E-state index contributed by atoms with van der Waals surface area (Å²) in [6.07, 6.45) is 6.31. The summed E-state index contributed by atoms with van der Waals surface area (Å²) in [5, 5.41) is 5.32. The minimum absolute atomic E-state index is 0.295. The normalized spacial score (nSPS) is 20.6. The van der Waals surface area contributed by atoms with Crippen LogP contribution in [0.5, 0.6) is 0 Å². The molecular formula is C12H23N3O2. The highest BCUT2D eigenvalue weighted by Gasteiger charge is 2.23. The molecule has 1 aliphatic rings. The molecule has 1 fully saturated rings. The van der Waals surface area contributed by atoms with Gasteiger partial charge in [0.1, 0.15) is 0 Å². The van der Waals surface area contributed by atoms with Crippen LogP contribution in [0, 0.1) is 5.92 Å². The first-order valence-corrected chi connectivity index (χ1v) is 6.37. The van der Waals surface area contributed by atoms with E-state index in [1.165, 1.54) is 32.1 Å². The molecule has 5 heteroatoms. The predicted octanol–water partition coefficient (Wildman–Crippen LogP) is 1.13. The number of nitrogens with two attached hydrogens (primary N) is 1. The van der Waals surface area contributed by atoms with Crippen LogP contribution in [0.2, 0.25) is 0 Å². The van der Waals surface area contributed by atoms with Crippen LogP contribution in [0.25, 0.3) is 0 Å². The first-order chi connectivity index (χ1) is 8.00. The van der Waals surface area contributed by atoms with Gasteiger partial charge in [-0.25, -0.2) is 4.79 Å². The van der Waals surface area contributed by atoms with Gasteiger partial charge in [-0.1, -0.05) is 19.3 Å². The summed E-state index contributed by atoms with van der Waals surface area (Å²) < 4.78 is 0. The summed E-state index contributed by atoms with van der Waals surface area (Å²) in [7, 11) is 0. The lowest BCUT2D eigenvalue weighted by atomic mass is 9.84. The third kappa shape index (κ3) is 4.73. The van der Waals surface area contributed by atoms with E-state index >= 15 is 0 Å². The van der Waals surface area contributed by atoms with E-state index in [4.69, 9.17) is 5.73 Å². The van der Waals surface area contributed by atoms with Gasteiger partial charge in [-0.3, -0.25) is 10.1 Å². The summed E-state index contributed by atoms with van der Waals surface area (Å²) in [5.74, 6) is 0.271. The predicted molar refractivity (Wildman–Crippen MR) is 66.4 cm³/mol. The molecule has 0 bridgehead atoms. The van der Waals surface area contributed by atoms with E-state index in [0.29, 0.717) is 12.0 Å². The van der Waals surface area contributed by atoms with Crippen molar-refractivity contribution in [2.75, 3.05) is 0 Å². The van der Waals surface area contributed by atoms with Crippen LogP contribution in [0.1, 0.15) is 46.0 Å². The summed E-state index contributed by atoms with van der Waals surface area (Å²) in [4.78, 5) is 22.1. The van der Waals surface area contributed by atoms with Crippen LogP contribution >= 0.6 is 0 Å². The fourth-order valence-corrected chi connectivity index (χ4v) is 2.47. The monoisotopic (exact) mass is 241 g/mol. The lowest BCUT2D eigenvalue weighted by molar-refractivity contribution is -0.121. The first kappa shape index (κ1) is 14.0. The minimum Gasteiger partial charge on any atom is -0.351 e. The zero-order valence-corrected chi connectivity index (χ0v) is 10.7. The van der Waals surface area contributed by atoms with Crippen LogP contribution in [0.4, 0.5) is 4.79 Å². The average Bonchev–Trinajstić information content (AvgIpc) is 2.29. The standard InChI is InChI=1S/C12H23N3O2/c1-8(10-6-4-3-5-7-10)14-9(2)11(16)15-12(13)17/h8-10,14H,3-7H2,1-2H3,(H3,13,15,16,17)/t8-,9?/m1/s1. The molecule has 0 heterocycles.